The second kappa shape index (κ2) is 3.65. The SMILES string of the molecule is FC(F)c1c(Cl)cc2ccsc2c1Cl. The van der Waals surface area contributed by atoms with E-state index in [1.165, 1.54) is 17.4 Å². The fourth-order valence-corrected chi connectivity index (χ4v) is 2.85. The van der Waals surface area contributed by atoms with Crippen LogP contribution in [0.1, 0.15) is 12.0 Å². The molecule has 0 aliphatic heterocycles. The van der Waals surface area contributed by atoms with Gasteiger partial charge in [0.15, 0.2) is 0 Å². The van der Waals surface area contributed by atoms with Crippen molar-refractivity contribution in [2.24, 2.45) is 0 Å². The van der Waals surface area contributed by atoms with Gasteiger partial charge in [0.25, 0.3) is 6.43 Å². The molecule has 5 heteroatoms. The molecule has 1 aromatic heterocycles. The molecule has 0 N–H and O–H groups in total. The van der Waals surface area contributed by atoms with Gasteiger partial charge in [0.1, 0.15) is 0 Å². The van der Waals surface area contributed by atoms with E-state index >= 15 is 0 Å². The van der Waals surface area contributed by atoms with Crippen molar-refractivity contribution in [2.45, 2.75) is 6.43 Å². The number of thiophene rings is 1. The van der Waals surface area contributed by atoms with E-state index in [9.17, 15) is 8.78 Å². The van der Waals surface area contributed by atoms with Crippen LogP contribution in [0.4, 0.5) is 8.78 Å². The number of rotatable bonds is 1. The first-order valence-corrected chi connectivity index (χ1v) is 5.38. The van der Waals surface area contributed by atoms with Gasteiger partial charge in [0.2, 0.25) is 0 Å². The second-order valence-corrected chi connectivity index (χ2v) is 4.43. The summed E-state index contributed by atoms with van der Waals surface area (Å²) in [6, 6.07) is 3.31. The third kappa shape index (κ3) is 1.49. The molecular formula is C9H4Cl2F2S. The van der Waals surface area contributed by atoms with E-state index in [-0.39, 0.29) is 15.6 Å². The van der Waals surface area contributed by atoms with Crippen LogP contribution in [0.25, 0.3) is 10.1 Å². The van der Waals surface area contributed by atoms with Crippen molar-refractivity contribution >= 4 is 44.6 Å². The number of benzene rings is 1. The fraction of sp³-hybridized carbons (Fsp3) is 0.111. The minimum absolute atomic E-state index is 0.0240. The molecule has 0 nitrogen and oxygen atoms in total. The van der Waals surface area contributed by atoms with Gasteiger partial charge < -0.3 is 0 Å². The normalized spacial score (nSPS) is 11.5. The van der Waals surface area contributed by atoms with Crippen molar-refractivity contribution in [3.63, 3.8) is 0 Å². The summed E-state index contributed by atoms with van der Waals surface area (Å²) >= 11 is 12.9. The molecule has 0 aliphatic rings. The van der Waals surface area contributed by atoms with E-state index in [1.54, 1.807) is 11.4 Å². The van der Waals surface area contributed by atoms with Crippen LogP contribution in [0.2, 0.25) is 10.0 Å². The van der Waals surface area contributed by atoms with Crippen molar-refractivity contribution in [3.05, 3.63) is 33.1 Å². The van der Waals surface area contributed by atoms with Crippen LogP contribution in [0.5, 0.6) is 0 Å². The molecule has 2 rings (SSSR count). The van der Waals surface area contributed by atoms with Gasteiger partial charge in [-0.25, -0.2) is 8.78 Å². The summed E-state index contributed by atoms with van der Waals surface area (Å²) in [5, 5.41) is 2.69. The maximum Gasteiger partial charge on any atom is 0.266 e. The summed E-state index contributed by atoms with van der Waals surface area (Å²) < 4.78 is 25.8. The zero-order chi connectivity index (χ0) is 10.3. The molecule has 0 saturated carbocycles. The number of fused-ring (bicyclic) bond motifs is 1. The summed E-state index contributed by atoms with van der Waals surface area (Å²) in [4.78, 5) is 0. The Balaban J connectivity index is 2.82. The molecule has 0 spiro atoms. The van der Waals surface area contributed by atoms with Crippen LogP contribution < -0.4 is 0 Å². The monoisotopic (exact) mass is 252 g/mol. The fourth-order valence-electron chi connectivity index (χ4n) is 1.25. The highest BCUT2D eigenvalue weighted by atomic mass is 35.5. The van der Waals surface area contributed by atoms with Crippen LogP contribution in [-0.2, 0) is 0 Å². The van der Waals surface area contributed by atoms with Crippen LogP contribution in [0.15, 0.2) is 17.5 Å². The molecule has 14 heavy (non-hydrogen) atoms. The standard InChI is InChI=1S/C9H4Cl2F2S/c10-5-3-4-1-2-14-8(4)7(11)6(5)9(12)13/h1-3,9H. The zero-order valence-electron chi connectivity index (χ0n) is 6.73. The second-order valence-electron chi connectivity index (χ2n) is 2.73. The van der Waals surface area contributed by atoms with Crippen LogP contribution >= 0.6 is 34.5 Å². The number of halogens is 4. The summed E-state index contributed by atoms with van der Waals surface area (Å²) in [6.07, 6.45) is -2.64. The van der Waals surface area contributed by atoms with Gasteiger partial charge in [0, 0.05) is 0 Å². The van der Waals surface area contributed by atoms with Crippen LogP contribution in [-0.4, -0.2) is 0 Å². The minimum atomic E-state index is -2.64. The molecule has 0 fully saturated rings. The van der Waals surface area contributed by atoms with Gasteiger partial charge in [-0.05, 0) is 22.9 Å². The molecule has 0 bridgehead atoms. The van der Waals surface area contributed by atoms with E-state index in [0.717, 1.165) is 5.39 Å². The molecule has 0 amide bonds. The highest BCUT2D eigenvalue weighted by molar-refractivity contribution is 7.17. The Morgan fingerprint density at radius 3 is 2.64 bits per heavy atom. The summed E-state index contributed by atoms with van der Waals surface area (Å²) in [5.41, 5.74) is -0.275. The molecular weight excluding hydrogens is 249 g/mol. The number of hydrogen-bond acceptors (Lipinski definition) is 1. The van der Waals surface area contributed by atoms with Gasteiger partial charge in [0.05, 0.1) is 20.3 Å². The number of alkyl halides is 2. The maximum absolute atomic E-state index is 12.6. The Morgan fingerprint density at radius 1 is 1.29 bits per heavy atom. The highest BCUT2D eigenvalue weighted by Crippen LogP contribution is 2.40. The highest BCUT2D eigenvalue weighted by Gasteiger charge is 2.19. The molecule has 0 aliphatic carbocycles. The average Bonchev–Trinajstić information content (AvgIpc) is 2.50. The maximum atomic E-state index is 12.6. The van der Waals surface area contributed by atoms with E-state index in [0.29, 0.717) is 4.70 Å². The minimum Gasteiger partial charge on any atom is -0.205 e. The first-order chi connectivity index (χ1) is 6.61. The zero-order valence-corrected chi connectivity index (χ0v) is 9.06. The van der Waals surface area contributed by atoms with Crippen LogP contribution in [0, 0.1) is 0 Å². The Hall–Kier alpha value is -0.380. The lowest BCUT2D eigenvalue weighted by atomic mass is 10.2. The Kier molecular flexibility index (Phi) is 2.64. The Morgan fingerprint density at radius 2 is 2.00 bits per heavy atom. The van der Waals surface area contributed by atoms with E-state index in [4.69, 9.17) is 23.2 Å². The van der Waals surface area contributed by atoms with Gasteiger partial charge in [-0.2, -0.15) is 0 Å². The summed E-state index contributed by atoms with van der Waals surface area (Å²) in [5.74, 6) is 0. The smallest absolute Gasteiger partial charge is 0.205 e. The van der Waals surface area contributed by atoms with Crippen molar-refractivity contribution in [1.82, 2.24) is 0 Å². The molecule has 2 aromatic rings. The van der Waals surface area contributed by atoms with Gasteiger partial charge >= 0.3 is 0 Å². The molecule has 0 unspecified atom stereocenters. The molecule has 0 radical (unpaired) electrons. The van der Waals surface area contributed by atoms with Crippen molar-refractivity contribution in [2.75, 3.05) is 0 Å². The van der Waals surface area contributed by atoms with Gasteiger partial charge in [-0.1, -0.05) is 23.2 Å². The third-order valence-electron chi connectivity index (χ3n) is 1.89. The quantitative estimate of drug-likeness (QED) is 0.659. The molecule has 0 saturated heterocycles. The lowest BCUT2D eigenvalue weighted by molar-refractivity contribution is 0.152. The Labute approximate surface area is 93.1 Å². The average molecular weight is 253 g/mol. The summed E-state index contributed by atoms with van der Waals surface area (Å²) in [6.45, 7) is 0. The van der Waals surface area contributed by atoms with Crippen molar-refractivity contribution in [1.29, 1.82) is 0 Å². The lowest BCUT2D eigenvalue weighted by Gasteiger charge is -2.06. The van der Waals surface area contributed by atoms with Crippen molar-refractivity contribution < 1.29 is 8.78 Å². The summed E-state index contributed by atoms with van der Waals surface area (Å²) in [7, 11) is 0. The first kappa shape index (κ1) is 10.1. The van der Waals surface area contributed by atoms with E-state index in [1.807, 2.05) is 0 Å². The van der Waals surface area contributed by atoms with Crippen molar-refractivity contribution in [3.8, 4) is 0 Å². The van der Waals surface area contributed by atoms with Gasteiger partial charge in [-0.15, -0.1) is 11.3 Å². The van der Waals surface area contributed by atoms with Gasteiger partial charge in [-0.3, -0.25) is 0 Å². The predicted molar refractivity (Wildman–Crippen MR) is 56.8 cm³/mol. The predicted octanol–water partition coefficient (Wildman–Crippen LogP) is 5.15. The molecule has 1 aromatic carbocycles. The molecule has 1 heterocycles. The Bertz CT molecular complexity index is 479. The lowest BCUT2D eigenvalue weighted by Crippen LogP contribution is -1.87. The molecule has 74 valence electrons. The topological polar surface area (TPSA) is 0 Å². The largest absolute Gasteiger partial charge is 0.266 e. The number of hydrogen-bond donors (Lipinski definition) is 0. The molecule has 0 atom stereocenters. The van der Waals surface area contributed by atoms with Crippen LogP contribution in [0.3, 0.4) is 0 Å². The first-order valence-electron chi connectivity index (χ1n) is 3.74. The van der Waals surface area contributed by atoms with E-state index in [2.05, 4.69) is 0 Å². The third-order valence-corrected chi connectivity index (χ3v) is 3.65. The van der Waals surface area contributed by atoms with E-state index < -0.39 is 6.43 Å².